The van der Waals surface area contributed by atoms with E-state index in [-0.39, 0.29) is 0 Å². The molecule has 0 aromatic heterocycles. The van der Waals surface area contributed by atoms with E-state index >= 15 is 0 Å². The average Bonchev–Trinajstić information content (AvgIpc) is 2.56. The van der Waals surface area contributed by atoms with E-state index in [9.17, 15) is 14.0 Å². The molecule has 6 heteroatoms. The van der Waals surface area contributed by atoms with Crippen LogP contribution >= 0.6 is 0 Å². The number of allylic oxidation sites excluding steroid dienone is 3. The third-order valence-corrected chi connectivity index (χ3v) is 9.13. The maximum atomic E-state index is 11.4. The second kappa shape index (κ2) is 7.59. The molecule has 26 heavy (non-hydrogen) atoms. The van der Waals surface area contributed by atoms with Crippen LogP contribution in [0.5, 0.6) is 0 Å². The van der Waals surface area contributed by atoms with Gasteiger partial charge in [0.1, 0.15) is 0 Å². The van der Waals surface area contributed by atoms with Gasteiger partial charge < -0.3 is 0 Å². The molecule has 2 aromatic carbocycles. The summed E-state index contributed by atoms with van der Waals surface area (Å²) in [6, 6.07) is 15.6. The van der Waals surface area contributed by atoms with Crippen molar-refractivity contribution in [2.75, 3.05) is 0 Å². The van der Waals surface area contributed by atoms with E-state index in [2.05, 4.69) is 0 Å². The second-order valence-electron chi connectivity index (χ2n) is 6.20. The fourth-order valence-electron chi connectivity index (χ4n) is 2.64. The van der Waals surface area contributed by atoms with Crippen LogP contribution in [0.15, 0.2) is 66.3 Å². The van der Waals surface area contributed by atoms with E-state index in [1.165, 1.54) is 0 Å². The quantitative estimate of drug-likeness (QED) is 0.666. The Morgan fingerprint density at radius 2 is 1.23 bits per heavy atom. The van der Waals surface area contributed by atoms with E-state index in [0.29, 0.717) is 0 Å². The van der Waals surface area contributed by atoms with Gasteiger partial charge >= 0.3 is 160 Å². The Bertz CT molecular complexity index is 904. The number of aryl methyl sites for hydroxylation is 2. The first-order chi connectivity index (χ1) is 12.2. The number of rotatable bonds is 4. The zero-order valence-electron chi connectivity index (χ0n) is 14.7. The van der Waals surface area contributed by atoms with Crippen molar-refractivity contribution in [1.82, 2.24) is 0 Å². The SMILES string of the molecule is CC1=CC(c2ccc(C)cc2)=[Se](O[Cl+3]([O-])([O-])[O-])C(c2ccc(C)cc2)=C1. The third-order valence-electron chi connectivity index (χ3n) is 3.93. The van der Waals surface area contributed by atoms with Gasteiger partial charge in [0, 0.05) is 0 Å². The molecule has 1 atom stereocenters. The van der Waals surface area contributed by atoms with Crippen LogP contribution in [0.4, 0.5) is 0 Å². The Labute approximate surface area is 159 Å². The first kappa shape index (κ1) is 19.2. The normalized spacial score (nSPS) is 17.8. The van der Waals surface area contributed by atoms with Crippen molar-refractivity contribution in [2.45, 2.75) is 20.8 Å². The van der Waals surface area contributed by atoms with Crippen LogP contribution in [0.25, 0.3) is 4.47 Å². The first-order valence-corrected chi connectivity index (χ1v) is 11.6. The van der Waals surface area contributed by atoms with E-state index in [0.717, 1.165) is 36.7 Å². The Morgan fingerprint density at radius 1 is 0.731 bits per heavy atom. The van der Waals surface area contributed by atoms with Crippen LogP contribution in [-0.4, -0.2) is 18.2 Å². The summed E-state index contributed by atoms with van der Waals surface area (Å²) < 4.78 is 40.8. The van der Waals surface area contributed by atoms with E-state index in [1.54, 1.807) is 0 Å². The molecule has 0 radical (unpaired) electrons. The maximum absolute atomic E-state index is 11.4. The van der Waals surface area contributed by atoms with Crippen LogP contribution in [0.1, 0.15) is 29.2 Å². The summed E-state index contributed by atoms with van der Waals surface area (Å²) in [7, 11) is -4.53. The van der Waals surface area contributed by atoms with Gasteiger partial charge in [-0.1, -0.05) is 0 Å². The molecule has 1 aliphatic heterocycles. The molecule has 0 spiro atoms. The monoisotopic (exact) mass is 438 g/mol. The summed E-state index contributed by atoms with van der Waals surface area (Å²) >= 11 is -2.54. The molecule has 0 N–H and O–H groups in total. The molecule has 136 valence electrons. The van der Waals surface area contributed by atoms with Crippen molar-refractivity contribution in [3.8, 4) is 0 Å². The van der Waals surface area contributed by atoms with Gasteiger partial charge in [0.2, 0.25) is 0 Å². The molecule has 0 bridgehead atoms. The fourth-order valence-corrected chi connectivity index (χ4v) is 7.95. The van der Waals surface area contributed by atoms with Gasteiger partial charge in [-0.25, -0.2) is 0 Å². The molecule has 1 heterocycles. The molecule has 4 nitrogen and oxygen atoms in total. The van der Waals surface area contributed by atoms with Crippen molar-refractivity contribution >= 4 is 22.7 Å². The summed E-state index contributed by atoms with van der Waals surface area (Å²) in [4.78, 5) is 0. The van der Waals surface area contributed by atoms with Gasteiger partial charge in [-0.15, -0.1) is 0 Å². The Balaban J connectivity index is 2.20. The summed E-state index contributed by atoms with van der Waals surface area (Å²) in [6.45, 7) is 5.92. The number of halogens is 1. The minimum atomic E-state index is -4.53. The molecule has 0 amide bonds. The van der Waals surface area contributed by atoms with Crippen molar-refractivity contribution in [2.24, 2.45) is 0 Å². The van der Waals surface area contributed by atoms with Crippen molar-refractivity contribution < 1.29 is 27.6 Å². The fraction of sp³-hybridized carbons (Fsp3) is 0.150. The molecule has 1 aliphatic rings. The van der Waals surface area contributed by atoms with Gasteiger partial charge in [0.25, 0.3) is 0 Å². The summed E-state index contributed by atoms with van der Waals surface area (Å²) in [5, 5.41) is 0. The molecule has 0 saturated heterocycles. The summed E-state index contributed by atoms with van der Waals surface area (Å²) in [5.41, 5.74) is 4.94. The molecule has 0 aliphatic carbocycles. The van der Waals surface area contributed by atoms with Gasteiger partial charge in [-0.2, -0.15) is 0 Å². The van der Waals surface area contributed by atoms with Crippen molar-refractivity contribution in [3.63, 3.8) is 0 Å². The van der Waals surface area contributed by atoms with Crippen LogP contribution in [-0.2, 0) is 3.37 Å². The van der Waals surface area contributed by atoms with E-state index < -0.39 is 24.0 Å². The Morgan fingerprint density at radius 3 is 1.73 bits per heavy atom. The summed E-state index contributed by atoms with van der Waals surface area (Å²) in [5.74, 6) is 0. The minimum absolute atomic E-state index is 0.771. The first-order valence-electron chi connectivity index (χ1n) is 7.99. The van der Waals surface area contributed by atoms with Gasteiger partial charge in [-0.05, 0) is 0 Å². The molecular formula is C20H19ClO4Se. The van der Waals surface area contributed by atoms with Crippen LogP contribution in [0.2, 0.25) is 0 Å². The van der Waals surface area contributed by atoms with Gasteiger partial charge in [-0.3, -0.25) is 0 Å². The topological polar surface area (TPSA) is 78.4 Å². The predicted octanol–water partition coefficient (Wildman–Crippen LogP) is 0.894. The molecular weight excluding hydrogens is 419 g/mol. The number of benzene rings is 2. The van der Waals surface area contributed by atoms with E-state index in [1.807, 2.05) is 81.5 Å². The Kier molecular flexibility index (Phi) is 5.61. The molecule has 3 rings (SSSR count). The van der Waals surface area contributed by atoms with Crippen molar-refractivity contribution in [3.05, 3.63) is 88.5 Å². The van der Waals surface area contributed by atoms with E-state index in [4.69, 9.17) is 3.37 Å². The van der Waals surface area contributed by atoms with Gasteiger partial charge in [0.15, 0.2) is 0 Å². The molecule has 0 saturated carbocycles. The van der Waals surface area contributed by atoms with Gasteiger partial charge in [0.05, 0.1) is 0 Å². The Hall–Kier alpha value is -1.56. The molecule has 0 fully saturated rings. The van der Waals surface area contributed by atoms with Crippen molar-refractivity contribution in [1.29, 1.82) is 0 Å². The number of hydrogen-bond acceptors (Lipinski definition) is 4. The molecule has 2 aromatic rings. The number of hydrogen-bond donors (Lipinski definition) is 0. The summed E-state index contributed by atoms with van der Waals surface area (Å²) in [6.07, 6.45) is 3.82. The third kappa shape index (κ3) is 4.58. The van der Waals surface area contributed by atoms with Crippen LogP contribution in [0, 0.1) is 24.1 Å². The standard InChI is InChI=1S/C20H19ClO4Se/c1-14-4-8-17(9-5-14)19-12-16(3)13-20(26(19)25-21(22,23)24)18-10-6-15(2)7-11-18/h4-13H,1-3H3. The van der Waals surface area contributed by atoms with Crippen LogP contribution < -0.4 is 14.0 Å². The zero-order valence-corrected chi connectivity index (χ0v) is 17.2. The average molecular weight is 438 g/mol. The second-order valence-corrected chi connectivity index (χ2v) is 10.9. The molecule has 1 unspecified atom stereocenters. The predicted molar refractivity (Wildman–Crippen MR) is 95.0 cm³/mol. The van der Waals surface area contributed by atoms with Crippen LogP contribution in [0.3, 0.4) is 0 Å². The zero-order chi connectivity index (χ0) is 18.9.